The van der Waals surface area contributed by atoms with E-state index in [9.17, 15) is 26.3 Å². The standard InChI is InChI=1S/C16H10Cl2F6/c1-9-3-2-4-10(7-9)14(15(19,20)21,16(22,23)24)12-8-11(17)5-6-13(12)18/h2-8H,1H3. The van der Waals surface area contributed by atoms with E-state index in [0.717, 1.165) is 30.3 Å². The quantitative estimate of drug-likeness (QED) is 0.503. The molecule has 0 N–H and O–H groups in total. The molecule has 0 bridgehead atoms. The maximum absolute atomic E-state index is 13.9. The Balaban J connectivity index is 3.01. The normalized spacial score (nSPS) is 13.2. The lowest BCUT2D eigenvalue weighted by Gasteiger charge is -2.39. The number of rotatable bonds is 2. The summed E-state index contributed by atoms with van der Waals surface area (Å²) in [7, 11) is 0. The van der Waals surface area contributed by atoms with Crippen LogP contribution < -0.4 is 0 Å². The van der Waals surface area contributed by atoms with Gasteiger partial charge in [0.25, 0.3) is 0 Å². The summed E-state index contributed by atoms with van der Waals surface area (Å²) in [6.07, 6.45) is -11.4. The first-order valence-corrected chi connectivity index (χ1v) is 7.33. The summed E-state index contributed by atoms with van der Waals surface area (Å²) in [5.74, 6) is 0. The van der Waals surface area contributed by atoms with Gasteiger partial charge in [0.15, 0.2) is 0 Å². The molecule has 0 unspecified atom stereocenters. The molecule has 2 aromatic carbocycles. The van der Waals surface area contributed by atoms with Gasteiger partial charge in [0.2, 0.25) is 5.41 Å². The van der Waals surface area contributed by atoms with E-state index in [2.05, 4.69) is 0 Å². The van der Waals surface area contributed by atoms with Crippen molar-refractivity contribution >= 4 is 23.2 Å². The largest absolute Gasteiger partial charge is 0.411 e. The van der Waals surface area contributed by atoms with E-state index < -0.39 is 33.9 Å². The van der Waals surface area contributed by atoms with Crippen LogP contribution in [0.5, 0.6) is 0 Å². The van der Waals surface area contributed by atoms with E-state index in [1.54, 1.807) is 0 Å². The second-order valence-electron chi connectivity index (χ2n) is 5.24. The average molecular weight is 387 g/mol. The van der Waals surface area contributed by atoms with Gasteiger partial charge in [-0.1, -0.05) is 53.0 Å². The van der Waals surface area contributed by atoms with Crippen LogP contribution in [-0.4, -0.2) is 12.4 Å². The lowest BCUT2D eigenvalue weighted by molar-refractivity contribution is -0.288. The van der Waals surface area contributed by atoms with Gasteiger partial charge in [0.05, 0.1) is 0 Å². The third-order valence-electron chi connectivity index (χ3n) is 3.63. The molecule has 0 fully saturated rings. The van der Waals surface area contributed by atoms with E-state index in [4.69, 9.17) is 23.2 Å². The average Bonchev–Trinajstić information content (AvgIpc) is 2.40. The van der Waals surface area contributed by atoms with Crippen molar-refractivity contribution in [3.8, 4) is 0 Å². The molecule has 0 saturated carbocycles. The molecule has 0 amide bonds. The summed E-state index contributed by atoms with van der Waals surface area (Å²) in [6.45, 7) is 1.40. The van der Waals surface area contributed by atoms with Crippen LogP contribution in [-0.2, 0) is 5.41 Å². The highest BCUT2D eigenvalue weighted by Crippen LogP contribution is 2.57. The lowest BCUT2D eigenvalue weighted by Crippen LogP contribution is -2.55. The topological polar surface area (TPSA) is 0 Å². The zero-order valence-electron chi connectivity index (χ0n) is 12.1. The minimum Gasteiger partial charge on any atom is -0.169 e. The van der Waals surface area contributed by atoms with Crippen molar-refractivity contribution in [2.45, 2.75) is 24.7 Å². The van der Waals surface area contributed by atoms with E-state index in [1.165, 1.54) is 13.0 Å². The van der Waals surface area contributed by atoms with Gasteiger partial charge in [-0.05, 0) is 30.7 Å². The highest BCUT2D eigenvalue weighted by Gasteiger charge is 2.73. The van der Waals surface area contributed by atoms with Crippen molar-refractivity contribution in [1.29, 1.82) is 0 Å². The van der Waals surface area contributed by atoms with Crippen LogP contribution in [0.2, 0.25) is 10.0 Å². The fourth-order valence-electron chi connectivity index (χ4n) is 2.61. The Labute approximate surface area is 144 Å². The van der Waals surface area contributed by atoms with Crippen molar-refractivity contribution in [1.82, 2.24) is 0 Å². The van der Waals surface area contributed by atoms with Gasteiger partial charge in [-0.25, -0.2) is 0 Å². The molecule has 0 atom stereocenters. The summed E-state index contributed by atoms with van der Waals surface area (Å²) < 4.78 is 83.2. The van der Waals surface area contributed by atoms with E-state index in [1.807, 2.05) is 0 Å². The van der Waals surface area contributed by atoms with Gasteiger partial charge in [-0.15, -0.1) is 0 Å². The van der Waals surface area contributed by atoms with Gasteiger partial charge < -0.3 is 0 Å². The fourth-order valence-corrected chi connectivity index (χ4v) is 3.04. The molecule has 2 rings (SSSR count). The van der Waals surface area contributed by atoms with Gasteiger partial charge in [-0.3, -0.25) is 0 Å². The zero-order chi connectivity index (χ0) is 18.3. The minimum atomic E-state index is -5.69. The molecule has 0 saturated heterocycles. The summed E-state index contributed by atoms with van der Waals surface area (Å²) in [4.78, 5) is 0. The highest BCUT2D eigenvalue weighted by molar-refractivity contribution is 6.33. The van der Waals surface area contributed by atoms with E-state index in [0.29, 0.717) is 6.07 Å². The Morgan fingerprint density at radius 2 is 1.38 bits per heavy atom. The van der Waals surface area contributed by atoms with Crippen molar-refractivity contribution in [2.24, 2.45) is 0 Å². The second kappa shape index (κ2) is 6.15. The van der Waals surface area contributed by atoms with Crippen LogP contribution in [0.15, 0.2) is 42.5 Å². The van der Waals surface area contributed by atoms with Crippen molar-refractivity contribution in [3.05, 3.63) is 69.2 Å². The van der Waals surface area contributed by atoms with Crippen LogP contribution in [0.4, 0.5) is 26.3 Å². The number of hydrogen-bond donors (Lipinski definition) is 0. The molecular formula is C16H10Cl2F6. The highest BCUT2D eigenvalue weighted by atomic mass is 35.5. The number of alkyl halides is 6. The molecule has 0 aromatic heterocycles. The monoisotopic (exact) mass is 386 g/mol. The van der Waals surface area contributed by atoms with Crippen molar-refractivity contribution in [2.75, 3.05) is 0 Å². The summed E-state index contributed by atoms with van der Waals surface area (Å²) >= 11 is 11.4. The fraction of sp³-hybridized carbons (Fsp3) is 0.250. The SMILES string of the molecule is Cc1cccc(C(c2cc(Cl)ccc2Cl)(C(F)(F)F)C(F)(F)F)c1. The smallest absolute Gasteiger partial charge is 0.169 e. The Morgan fingerprint density at radius 1 is 0.792 bits per heavy atom. The van der Waals surface area contributed by atoms with Crippen LogP contribution in [0, 0.1) is 6.92 Å². The van der Waals surface area contributed by atoms with Gasteiger partial charge >= 0.3 is 12.4 Å². The predicted octanol–water partition coefficient (Wildman–Crippen LogP) is 6.71. The van der Waals surface area contributed by atoms with E-state index in [-0.39, 0.29) is 10.6 Å². The first-order chi connectivity index (χ1) is 10.9. The number of hydrogen-bond acceptors (Lipinski definition) is 0. The lowest BCUT2D eigenvalue weighted by atomic mass is 9.72. The van der Waals surface area contributed by atoms with Crippen LogP contribution in [0.3, 0.4) is 0 Å². The summed E-state index contributed by atoms with van der Waals surface area (Å²) in [5, 5.41) is -0.949. The summed E-state index contributed by atoms with van der Waals surface area (Å²) in [6, 6.07) is 6.81. The maximum atomic E-state index is 13.9. The molecule has 0 radical (unpaired) electrons. The molecule has 2 aromatic rings. The Kier molecular flexibility index (Phi) is 4.85. The third kappa shape index (κ3) is 2.97. The minimum absolute atomic E-state index is 0.253. The molecular weight excluding hydrogens is 377 g/mol. The summed E-state index contributed by atoms with van der Waals surface area (Å²) in [5.41, 5.74) is -6.15. The molecule has 0 aliphatic rings. The molecule has 0 nitrogen and oxygen atoms in total. The molecule has 0 spiro atoms. The molecule has 8 heteroatoms. The van der Waals surface area contributed by atoms with Crippen molar-refractivity contribution < 1.29 is 26.3 Å². The first-order valence-electron chi connectivity index (χ1n) is 6.57. The second-order valence-corrected chi connectivity index (χ2v) is 6.08. The molecule has 0 aliphatic heterocycles. The van der Waals surface area contributed by atoms with Crippen LogP contribution in [0.1, 0.15) is 16.7 Å². The Morgan fingerprint density at radius 3 is 1.88 bits per heavy atom. The van der Waals surface area contributed by atoms with Crippen LogP contribution in [0.25, 0.3) is 0 Å². The Bertz CT molecular complexity index is 735. The molecule has 0 aliphatic carbocycles. The number of halogens is 8. The molecule has 0 heterocycles. The van der Waals surface area contributed by atoms with Gasteiger partial charge in [0, 0.05) is 15.6 Å². The van der Waals surface area contributed by atoms with Gasteiger partial charge in [-0.2, -0.15) is 26.3 Å². The predicted molar refractivity (Wildman–Crippen MR) is 80.5 cm³/mol. The van der Waals surface area contributed by atoms with Gasteiger partial charge in [0.1, 0.15) is 0 Å². The van der Waals surface area contributed by atoms with E-state index >= 15 is 0 Å². The zero-order valence-corrected chi connectivity index (χ0v) is 13.6. The first kappa shape index (κ1) is 18.9. The molecule has 130 valence electrons. The number of aryl methyl sites for hydroxylation is 1. The van der Waals surface area contributed by atoms with Crippen LogP contribution >= 0.6 is 23.2 Å². The third-order valence-corrected chi connectivity index (χ3v) is 4.20. The van der Waals surface area contributed by atoms with Crippen molar-refractivity contribution in [3.63, 3.8) is 0 Å². The molecule has 24 heavy (non-hydrogen) atoms. The maximum Gasteiger partial charge on any atom is 0.411 e. The number of benzene rings is 2. The Hall–Kier alpha value is -1.40.